The highest BCUT2D eigenvalue weighted by atomic mass is 32.1. The number of carboxylic acid groups (broad SMARTS) is 1. The minimum absolute atomic E-state index is 0.0350. The fourth-order valence-electron chi connectivity index (χ4n) is 2.45. The summed E-state index contributed by atoms with van der Waals surface area (Å²) in [6, 6.07) is 3.92. The molecule has 0 bridgehead atoms. The van der Waals surface area contributed by atoms with Crippen LogP contribution in [0.2, 0.25) is 0 Å². The Morgan fingerprint density at radius 2 is 1.84 bits per heavy atom. The summed E-state index contributed by atoms with van der Waals surface area (Å²) in [6.07, 6.45) is -5.31. The molecule has 0 spiro atoms. The molecule has 0 saturated carbocycles. The van der Waals surface area contributed by atoms with E-state index in [-0.39, 0.29) is 6.42 Å². The van der Waals surface area contributed by atoms with Gasteiger partial charge in [-0.15, -0.1) is 22.7 Å². The van der Waals surface area contributed by atoms with Gasteiger partial charge in [0.1, 0.15) is 0 Å². The lowest BCUT2D eigenvalue weighted by atomic mass is 9.97. The number of piperidine rings is 1. The molecule has 3 rings (SSSR count). The largest absolute Gasteiger partial charge is 0.481 e. The van der Waals surface area contributed by atoms with Crippen LogP contribution in [0.4, 0.5) is 0 Å². The fourth-order valence-corrected chi connectivity index (χ4v) is 4.46. The molecule has 0 amide bonds. The third kappa shape index (κ3) is 4.40. The molecule has 1 N–H and O–H groups in total. The van der Waals surface area contributed by atoms with Crippen molar-refractivity contribution in [2.45, 2.75) is 33.0 Å². The number of nitrogens with zero attached hydrogens (tertiary/aromatic N) is 1. The molecule has 25 heavy (non-hydrogen) atoms. The third-order valence-corrected chi connectivity index (χ3v) is 5.86. The van der Waals surface area contributed by atoms with Gasteiger partial charge >= 0.3 is 5.97 Å². The SMILES string of the molecule is [2H]C1([2H])N(CCC=C(c2sccc2C)c2sccc2C)C([2H])([2H])C([2H])([2H])C([2H])(C(=O)O)C1([2H])[2H]. The smallest absolute Gasteiger partial charge is 0.306 e. The Bertz CT molecular complexity index is 1050. The van der Waals surface area contributed by atoms with E-state index in [9.17, 15) is 9.90 Å². The zero-order chi connectivity index (χ0) is 25.9. The number of hydrogen-bond donors (Lipinski definition) is 1. The monoisotopic (exact) mass is 384 g/mol. The van der Waals surface area contributed by atoms with Crippen LogP contribution in [-0.4, -0.2) is 35.5 Å². The summed E-state index contributed by atoms with van der Waals surface area (Å²) in [5.41, 5.74) is 2.92. The molecule has 0 aliphatic carbocycles. The van der Waals surface area contributed by atoms with Crippen LogP contribution < -0.4 is 0 Å². The summed E-state index contributed by atoms with van der Waals surface area (Å²) in [5.74, 6) is -5.98. The maximum Gasteiger partial charge on any atom is 0.306 e. The van der Waals surface area contributed by atoms with Crippen LogP contribution in [0.25, 0.3) is 5.57 Å². The number of hydrogen-bond acceptors (Lipinski definition) is 4. The van der Waals surface area contributed by atoms with Crippen molar-refractivity contribution in [1.29, 1.82) is 0 Å². The zero-order valence-corrected chi connectivity index (χ0v) is 15.6. The van der Waals surface area contributed by atoms with Crippen LogP contribution in [-0.2, 0) is 4.79 Å². The van der Waals surface area contributed by atoms with Gasteiger partial charge in [0.05, 0.1) is 5.89 Å². The van der Waals surface area contributed by atoms with Crippen LogP contribution in [0.15, 0.2) is 29.0 Å². The van der Waals surface area contributed by atoms with Crippen molar-refractivity contribution in [3.63, 3.8) is 0 Å². The van der Waals surface area contributed by atoms with E-state index in [4.69, 9.17) is 12.3 Å². The van der Waals surface area contributed by atoms with Crippen LogP contribution in [0.5, 0.6) is 0 Å². The first kappa shape index (κ1) is 10.0. The third-order valence-electron chi connectivity index (χ3n) is 3.76. The van der Waals surface area contributed by atoms with E-state index >= 15 is 0 Å². The predicted molar refractivity (Wildman–Crippen MR) is 107 cm³/mol. The minimum Gasteiger partial charge on any atom is -0.481 e. The van der Waals surface area contributed by atoms with E-state index in [1.807, 2.05) is 36.7 Å². The molecule has 3 heterocycles. The summed E-state index contributed by atoms with van der Waals surface area (Å²) in [5, 5.41) is 13.4. The number of aliphatic carboxylic acids is 1. The first-order valence-electron chi connectivity index (χ1n) is 12.3. The lowest BCUT2D eigenvalue weighted by molar-refractivity contribution is -0.143. The molecular weight excluding hydrogens is 350 g/mol. The summed E-state index contributed by atoms with van der Waals surface area (Å²) in [4.78, 5) is 14.1. The number of carboxylic acids is 1. The van der Waals surface area contributed by atoms with E-state index in [2.05, 4.69) is 0 Å². The van der Waals surface area contributed by atoms with Crippen LogP contribution in [0.3, 0.4) is 0 Å². The van der Waals surface area contributed by atoms with E-state index in [1.54, 1.807) is 6.08 Å². The normalized spacial score (nSPS) is 30.7. The van der Waals surface area contributed by atoms with Crippen LogP contribution in [0.1, 0.15) is 52.4 Å². The Labute approximate surface area is 170 Å². The maximum absolute atomic E-state index is 11.8. The van der Waals surface area contributed by atoms with Gasteiger partial charge in [0.15, 0.2) is 0 Å². The first-order valence-corrected chi connectivity index (χ1v) is 9.52. The Kier molecular flexibility index (Phi) is 3.34. The number of rotatable bonds is 6. The molecule has 5 heteroatoms. The van der Waals surface area contributed by atoms with Gasteiger partial charge in [0, 0.05) is 34.2 Å². The van der Waals surface area contributed by atoms with Crippen LogP contribution >= 0.6 is 22.7 Å². The average Bonchev–Trinajstić information content (AvgIpc) is 3.33. The van der Waals surface area contributed by atoms with Gasteiger partial charge in [-0.3, -0.25) is 4.79 Å². The Morgan fingerprint density at radius 3 is 2.28 bits per heavy atom. The molecule has 0 aromatic carbocycles. The van der Waals surface area contributed by atoms with Crippen molar-refractivity contribution in [3.05, 3.63) is 49.9 Å². The fraction of sp³-hybridized carbons (Fsp3) is 0.450. The van der Waals surface area contributed by atoms with E-state index in [0.717, 1.165) is 26.5 Å². The standard InChI is InChI=1S/C20H25NO2S2/c1-14-7-12-24-18(14)17(19-15(2)8-13-25-19)4-3-9-21-10-5-16(6-11-21)20(22)23/h4,7-8,12-13,16H,3,5-6,9-11H2,1-2H3,(H,22,23)/i5D2,6D2,10D2,11D2,16D. The molecule has 0 radical (unpaired) electrons. The molecule has 1 saturated heterocycles. The number of thiophene rings is 2. The number of likely N-dealkylation sites (tertiary alicyclic amines) is 1. The first-order chi connectivity index (χ1) is 15.5. The van der Waals surface area contributed by atoms with Gasteiger partial charge in [-0.25, -0.2) is 0 Å². The van der Waals surface area contributed by atoms with Gasteiger partial charge in [-0.2, -0.15) is 0 Å². The molecular formula is C20H25NO2S2. The van der Waals surface area contributed by atoms with Gasteiger partial charge in [-0.1, -0.05) is 6.08 Å². The summed E-state index contributed by atoms with van der Waals surface area (Å²) >= 11 is 3.04. The molecule has 134 valence electrons. The molecule has 0 unspecified atom stereocenters. The lowest BCUT2D eigenvalue weighted by Crippen LogP contribution is -2.36. The molecule has 2 aromatic heterocycles. The summed E-state index contributed by atoms with van der Waals surface area (Å²) in [6.45, 7) is -3.10. The van der Waals surface area contributed by atoms with Crippen LogP contribution in [0, 0.1) is 19.7 Å². The van der Waals surface area contributed by atoms with E-state index in [0.29, 0.717) is 4.90 Å². The van der Waals surface area contributed by atoms with Gasteiger partial charge < -0.3 is 10.0 Å². The Balaban J connectivity index is 2.05. The number of carbonyl (C=O) groups is 1. The molecule has 1 fully saturated rings. The van der Waals surface area contributed by atoms with Gasteiger partial charge in [0.2, 0.25) is 0 Å². The molecule has 3 nitrogen and oxygen atoms in total. The second-order valence-electron chi connectivity index (χ2n) is 5.58. The van der Waals surface area contributed by atoms with Crippen molar-refractivity contribution in [2.24, 2.45) is 5.89 Å². The number of aryl methyl sites for hydroxylation is 2. The lowest BCUT2D eigenvalue weighted by Gasteiger charge is -2.29. The highest BCUT2D eigenvalue weighted by Crippen LogP contribution is 2.35. The summed E-state index contributed by atoms with van der Waals surface area (Å²) in [7, 11) is 0. The van der Waals surface area contributed by atoms with E-state index in [1.165, 1.54) is 22.7 Å². The molecule has 0 atom stereocenters. The van der Waals surface area contributed by atoms with Gasteiger partial charge in [0.25, 0.3) is 0 Å². The second-order valence-corrected chi connectivity index (χ2v) is 7.41. The second kappa shape index (κ2) is 8.30. The Morgan fingerprint density at radius 1 is 1.28 bits per heavy atom. The molecule has 1 aliphatic heterocycles. The quantitative estimate of drug-likeness (QED) is 0.758. The van der Waals surface area contributed by atoms with Crippen molar-refractivity contribution in [2.75, 3.05) is 19.5 Å². The topological polar surface area (TPSA) is 40.5 Å². The van der Waals surface area contributed by atoms with E-state index < -0.39 is 44.1 Å². The molecule has 1 aliphatic rings. The van der Waals surface area contributed by atoms with Crippen molar-refractivity contribution in [3.8, 4) is 0 Å². The highest BCUT2D eigenvalue weighted by Gasteiger charge is 2.24. The van der Waals surface area contributed by atoms with Crippen molar-refractivity contribution in [1.82, 2.24) is 4.90 Å². The highest BCUT2D eigenvalue weighted by molar-refractivity contribution is 7.14. The maximum atomic E-state index is 11.8. The molecule has 2 aromatic rings. The van der Waals surface area contributed by atoms with Crippen molar-refractivity contribution < 1.29 is 22.2 Å². The minimum atomic E-state index is -3.72. The Hall–Kier alpha value is -1.43. The summed E-state index contributed by atoms with van der Waals surface area (Å²) < 4.78 is 73.9. The van der Waals surface area contributed by atoms with Gasteiger partial charge in [-0.05, 0) is 80.0 Å². The zero-order valence-electron chi connectivity index (χ0n) is 22.9. The predicted octanol–water partition coefficient (Wildman–Crippen LogP) is 5.04. The van der Waals surface area contributed by atoms with Crippen molar-refractivity contribution >= 4 is 34.2 Å². The average molecular weight is 385 g/mol.